The first-order valence-electron chi connectivity index (χ1n) is 4.63. The number of ether oxygens (including phenoxy) is 2. The van der Waals surface area contributed by atoms with Gasteiger partial charge in [0, 0.05) is 6.07 Å². The molecule has 0 saturated carbocycles. The molecule has 0 aromatic heterocycles. The van der Waals surface area contributed by atoms with E-state index in [0.717, 1.165) is 5.57 Å². The van der Waals surface area contributed by atoms with Crippen LogP contribution in [0.3, 0.4) is 0 Å². The van der Waals surface area contributed by atoms with Crippen molar-refractivity contribution in [2.75, 3.05) is 14.2 Å². The zero-order chi connectivity index (χ0) is 12.3. The van der Waals surface area contributed by atoms with Crippen LogP contribution in [0.4, 0.5) is 0 Å². The molecule has 0 aliphatic rings. The van der Waals surface area contributed by atoms with Crippen molar-refractivity contribution in [2.45, 2.75) is 6.92 Å². The average Bonchev–Trinajstić information content (AvgIpc) is 2.27. The van der Waals surface area contributed by atoms with Crippen LogP contribution in [0, 0.1) is 0 Å². The van der Waals surface area contributed by atoms with Crippen LogP contribution in [0.25, 0.3) is 5.57 Å². The van der Waals surface area contributed by atoms with Crippen molar-refractivity contribution in [2.24, 2.45) is 0 Å². The van der Waals surface area contributed by atoms with Crippen molar-refractivity contribution in [1.82, 2.24) is 0 Å². The fraction of sp³-hybridized carbons (Fsp3) is 0.250. The van der Waals surface area contributed by atoms with Crippen LogP contribution in [0.1, 0.15) is 22.8 Å². The highest BCUT2D eigenvalue weighted by Crippen LogP contribution is 2.31. The average molecular weight is 241 g/mol. The van der Waals surface area contributed by atoms with Gasteiger partial charge in [0.15, 0.2) is 0 Å². The van der Waals surface area contributed by atoms with E-state index in [0.29, 0.717) is 21.9 Å². The molecule has 0 atom stereocenters. The lowest BCUT2D eigenvalue weighted by Gasteiger charge is -2.11. The van der Waals surface area contributed by atoms with E-state index in [1.165, 1.54) is 14.2 Å². The number of esters is 1. The Balaban J connectivity index is 3.40. The molecule has 0 heterocycles. The molecular weight excluding hydrogens is 228 g/mol. The number of methoxy groups -OCH3 is 2. The highest BCUT2D eigenvalue weighted by atomic mass is 35.5. The Morgan fingerprint density at radius 3 is 2.38 bits per heavy atom. The number of benzene rings is 1. The molecule has 0 bridgehead atoms. The molecule has 3 nitrogen and oxygen atoms in total. The number of halogens is 1. The summed E-state index contributed by atoms with van der Waals surface area (Å²) in [6.45, 7) is 5.60. The lowest BCUT2D eigenvalue weighted by Crippen LogP contribution is -2.05. The van der Waals surface area contributed by atoms with Crippen LogP contribution in [-0.4, -0.2) is 20.2 Å². The smallest absolute Gasteiger partial charge is 0.341 e. The number of allylic oxidation sites excluding steroid dienone is 1. The summed E-state index contributed by atoms with van der Waals surface area (Å²) in [5, 5.41) is 0.497. The first kappa shape index (κ1) is 12.6. The molecule has 0 aliphatic heterocycles. The maximum Gasteiger partial charge on any atom is 0.341 e. The molecule has 0 aliphatic carbocycles. The minimum Gasteiger partial charge on any atom is -0.496 e. The summed E-state index contributed by atoms with van der Waals surface area (Å²) in [4.78, 5) is 11.5. The molecule has 0 spiro atoms. The molecule has 1 aromatic carbocycles. The van der Waals surface area contributed by atoms with Gasteiger partial charge in [-0.25, -0.2) is 4.79 Å². The molecule has 0 fully saturated rings. The van der Waals surface area contributed by atoms with E-state index >= 15 is 0 Å². The summed E-state index contributed by atoms with van der Waals surface area (Å²) in [5.41, 5.74) is 1.83. The number of carbonyl (C=O) groups is 1. The van der Waals surface area contributed by atoms with Crippen LogP contribution in [0.15, 0.2) is 18.7 Å². The molecule has 0 saturated heterocycles. The Hall–Kier alpha value is -1.48. The van der Waals surface area contributed by atoms with E-state index in [4.69, 9.17) is 16.3 Å². The van der Waals surface area contributed by atoms with E-state index in [9.17, 15) is 4.79 Å². The summed E-state index contributed by atoms with van der Waals surface area (Å²) < 4.78 is 9.73. The van der Waals surface area contributed by atoms with E-state index < -0.39 is 5.97 Å². The van der Waals surface area contributed by atoms with Crippen LogP contribution < -0.4 is 4.74 Å². The van der Waals surface area contributed by atoms with Crippen molar-refractivity contribution >= 4 is 23.1 Å². The highest BCUT2D eigenvalue weighted by Gasteiger charge is 2.16. The van der Waals surface area contributed by atoms with Crippen molar-refractivity contribution in [1.29, 1.82) is 0 Å². The van der Waals surface area contributed by atoms with Crippen molar-refractivity contribution in [3.05, 3.63) is 34.9 Å². The third-order valence-corrected chi connectivity index (χ3v) is 2.47. The fourth-order valence-corrected chi connectivity index (χ4v) is 1.64. The Kier molecular flexibility index (Phi) is 3.96. The third-order valence-electron chi connectivity index (χ3n) is 2.15. The highest BCUT2D eigenvalue weighted by molar-refractivity contribution is 6.32. The van der Waals surface area contributed by atoms with Crippen LogP contribution >= 0.6 is 11.6 Å². The van der Waals surface area contributed by atoms with Gasteiger partial charge in [-0.1, -0.05) is 18.2 Å². The monoisotopic (exact) mass is 240 g/mol. The molecule has 0 unspecified atom stereocenters. The minimum absolute atomic E-state index is 0.340. The van der Waals surface area contributed by atoms with Gasteiger partial charge in [-0.2, -0.15) is 0 Å². The topological polar surface area (TPSA) is 35.5 Å². The Morgan fingerprint density at radius 2 is 1.94 bits per heavy atom. The molecule has 16 heavy (non-hydrogen) atoms. The fourth-order valence-electron chi connectivity index (χ4n) is 1.32. The number of hydrogen-bond donors (Lipinski definition) is 0. The second-order valence-corrected chi connectivity index (χ2v) is 3.71. The first-order valence-corrected chi connectivity index (χ1v) is 5.00. The van der Waals surface area contributed by atoms with Gasteiger partial charge in [-0.15, -0.1) is 0 Å². The van der Waals surface area contributed by atoms with Crippen LogP contribution in [0.5, 0.6) is 5.75 Å². The number of rotatable bonds is 3. The van der Waals surface area contributed by atoms with Gasteiger partial charge in [0.25, 0.3) is 0 Å². The lowest BCUT2D eigenvalue weighted by molar-refractivity contribution is 0.0597. The summed E-state index contributed by atoms with van der Waals surface area (Å²) in [6.07, 6.45) is 0. The SMILES string of the molecule is C=C(C)c1cc(C(=O)OC)c(OC)cc1Cl. The zero-order valence-corrected chi connectivity index (χ0v) is 10.2. The summed E-state index contributed by atoms with van der Waals surface area (Å²) in [7, 11) is 2.79. The van der Waals surface area contributed by atoms with Gasteiger partial charge < -0.3 is 9.47 Å². The van der Waals surface area contributed by atoms with E-state index in [1.807, 2.05) is 6.92 Å². The normalized spacial score (nSPS) is 9.75. The molecular formula is C12H13ClO3. The van der Waals surface area contributed by atoms with Gasteiger partial charge in [-0.3, -0.25) is 0 Å². The molecule has 0 amide bonds. The van der Waals surface area contributed by atoms with Crippen LogP contribution in [0.2, 0.25) is 5.02 Å². The molecule has 1 rings (SSSR count). The second-order valence-electron chi connectivity index (χ2n) is 3.30. The largest absolute Gasteiger partial charge is 0.496 e. The van der Waals surface area contributed by atoms with E-state index in [-0.39, 0.29) is 0 Å². The zero-order valence-electron chi connectivity index (χ0n) is 9.46. The van der Waals surface area contributed by atoms with Gasteiger partial charge >= 0.3 is 5.97 Å². The summed E-state index contributed by atoms with van der Waals surface area (Å²) in [5.74, 6) is -0.0714. The van der Waals surface area contributed by atoms with Crippen LogP contribution in [-0.2, 0) is 4.74 Å². The molecule has 0 N–H and O–H groups in total. The molecule has 4 heteroatoms. The maximum absolute atomic E-state index is 11.5. The van der Waals surface area contributed by atoms with E-state index in [1.54, 1.807) is 12.1 Å². The molecule has 1 aromatic rings. The van der Waals surface area contributed by atoms with Gasteiger partial charge in [0.1, 0.15) is 11.3 Å². The number of carbonyl (C=O) groups excluding carboxylic acids is 1. The van der Waals surface area contributed by atoms with Crippen molar-refractivity contribution in [3.63, 3.8) is 0 Å². The minimum atomic E-state index is -0.462. The Bertz CT molecular complexity index is 438. The lowest BCUT2D eigenvalue weighted by atomic mass is 10.0. The predicted octanol–water partition coefficient (Wildman–Crippen LogP) is 3.17. The van der Waals surface area contributed by atoms with Crippen molar-refractivity contribution in [3.8, 4) is 5.75 Å². The predicted molar refractivity (Wildman–Crippen MR) is 64.1 cm³/mol. The third kappa shape index (κ3) is 2.36. The summed E-state index contributed by atoms with van der Waals surface area (Å²) >= 11 is 6.03. The van der Waals surface area contributed by atoms with Crippen molar-refractivity contribution < 1.29 is 14.3 Å². The first-order chi connectivity index (χ1) is 7.51. The van der Waals surface area contributed by atoms with Gasteiger partial charge in [0.2, 0.25) is 0 Å². The quantitative estimate of drug-likeness (QED) is 0.762. The molecule has 0 radical (unpaired) electrons. The maximum atomic E-state index is 11.5. The Labute approximate surface area is 99.6 Å². The van der Waals surface area contributed by atoms with Gasteiger partial charge in [0.05, 0.1) is 19.2 Å². The van der Waals surface area contributed by atoms with E-state index in [2.05, 4.69) is 11.3 Å². The molecule has 86 valence electrons. The number of hydrogen-bond acceptors (Lipinski definition) is 3. The standard InChI is InChI=1S/C12H13ClO3/c1-7(2)8-5-9(12(14)16-4)11(15-3)6-10(8)13/h5-6H,1H2,2-4H3. The summed E-state index contributed by atoms with van der Waals surface area (Å²) in [6, 6.07) is 3.20. The second kappa shape index (κ2) is 5.03. The van der Waals surface area contributed by atoms with Gasteiger partial charge in [-0.05, 0) is 24.1 Å². The Morgan fingerprint density at radius 1 is 1.31 bits per heavy atom.